The van der Waals surface area contributed by atoms with Gasteiger partial charge in [-0.1, -0.05) is 43.5 Å². The van der Waals surface area contributed by atoms with Gasteiger partial charge in [0.2, 0.25) is 0 Å². The summed E-state index contributed by atoms with van der Waals surface area (Å²) in [7, 11) is 2.75. The molecule has 2 aromatic carbocycles. The van der Waals surface area contributed by atoms with Crippen molar-refractivity contribution in [1.29, 1.82) is 0 Å². The van der Waals surface area contributed by atoms with E-state index in [2.05, 4.69) is 0 Å². The fourth-order valence-corrected chi connectivity index (χ4v) is 5.11. The molecule has 0 unspecified atom stereocenters. The second kappa shape index (κ2) is 11.1. The van der Waals surface area contributed by atoms with E-state index in [-0.39, 0.29) is 17.4 Å². The van der Waals surface area contributed by atoms with E-state index in [0.717, 1.165) is 43.1 Å². The van der Waals surface area contributed by atoms with Crippen molar-refractivity contribution >= 4 is 18.2 Å². The van der Waals surface area contributed by atoms with E-state index in [1.807, 2.05) is 24.3 Å². The van der Waals surface area contributed by atoms with Crippen LogP contribution in [0.15, 0.2) is 48.5 Å². The Morgan fingerprint density at radius 1 is 0.812 bits per heavy atom. The highest BCUT2D eigenvalue weighted by atomic mass is 16.5. The second-order valence-corrected chi connectivity index (χ2v) is 8.80. The molecule has 170 valence electrons. The summed E-state index contributed by atoms with van der Waals surface area (Å²) in [6, 6.07) is 15.0. The summed E-state index contributed by atoms with van der Waals surface area (Å²) in [4.78, 5) is 35.5. The lowest BCUT2D eigenvalue weighted by molar-refractivity contribution is -0.111. The third-order valence-electron chi connectivity index (χ3n) is 6.82. The maximum atomic E-state index is 11.9. The van der Waals surface area contributed by atoms with Gasteiger partial charge in [-0.2, -0.15) is 0 Å². The molecule has 0 aliphatic heterocycles. The van der Waals surface area contributed by atoms with Crippen molar-refractivity contribution in [3.63, 3.8) is 0 Å². The molecule has 5 nitrogen and oxygen atoms in total. The van der Waals surface area contributed by atoms with Crippen LogP contribution < -0.4 is 0 Å². The minimum Gasteiger partial charge on any atom is -0.465 e. The molecule has 5 heteroatoms. The summed E-state index contributed by atoms with van der Waals surface area (Å²) < 4.78 is 9.61. The van der Waals surface area contributed by atoms with Crippen LogP contribution in [-0.2, 0) is 27.1 Å². The highest BCUT2D eigenvalue weighted by molar-refractivity contribution is 5.89. The maximum absolute atomic E-state index is 11.9. The Morgan fingerprint density at radius 2 is 1.25 bits per heavy atom. The van der Waals surface area contributed by atoms with Gasteiger partial charge in [-0.05, 0) is 72.4 Å². The van der Waals surface area contributed by atoms with Gasteiger partial charge in [-0.3, -0.25) is 0 Å². The number of hydrogen-bond acceptors (Lipinski definition) is 5. The van der Waals surface area contributed by atoms with Crippen LogP contribution in [0.2, 0.25) is 0 Å². The van der Waals surface area contributed by atoms with Crippen molar-refractivity contribution in [2.75, 3.05) is 14.2 Å². The number of rotatable bonds is 9. The van der Waals surface area contributed by atoms with Gasteiger partial charge < -0.3 is 14.3 Å². The first kappa shape index (κ1) is 23.7. The van der Waals surface area contributed by atoms with Gasteiger partial charge in [0.15, 0.2) is 0 Å². The molecule has 0 aromatic heterocycles. The predicted octanol–water partition coefficient (Wildman–Crippen LogP) is 5.20. The van der Waals surface area contributed by atoms with Gasteiger partial charge in [-0.15, -0.1) is 0 Å². The van der Waals surface area contributed by atoms with E-state index in [1.165, 1.54) is 33.5 Å². The minimum absolute atomic E-state index is 0.207. The molecular formula is C27H32O5. The van der Waals surface area contributed by atoms with Gasteiger partial charge in [0.05, 0.1) is 25.3 Å². The molecule has 0 atom stereocenters. The van der Waals surface area contributed by atoms with Crippen LogP contribution in [0.25, 0.3) is 0 Å². The molecule has 0 saturated heterocycles. The van der Waals surface area contributed by atoms with Crippen molar-refractivity contribution in [3.05, 3.63) is 70.8 Å². The number of hydrogen-bond donors (Lipinski definition) is 0. The monoisotopic (exact) mass is 436 g/mol. The molecule has 1 aliphatic carbocycles. The van der Waals surface area contributed by atoms with Crippen LogP contribution >= 0.6 is 0 Å². The second-order valence-electron chi connectivity index (χ2n) is 8.80. The van der Waals surface area contributed by atoms with E-state index < -0.39 is 0 Å². The number of esters is 2. The standard InChI is InChI=1S/C27H32O5/c1-31-25(29)22-12-8-20(9-13-22)18-27(16-17-28,24-6-4-3-5-7-24)19-21-10-14-23(15-11-21)26(30)32-2/h8-15,17,24H,3-7,16,18-19H2,1-2H3. The lowest BCUT2D eigenvalue weighted by Crippen LogP contribution is -2.37. The van der Waals surface area contributed by atoms with E-state index in [4.69, 9.17) is 9.47 Å². The molecule has 1 saturated carbocycles. The Balaban J connectivity index is 1.91. The van der Waals surface area contributed by atoms with Crippen molar-refractivity contribution in [2.45, 2.75) is 51.4 Å². The molecule has 0 radical (unpaired) electrons. The molecule has 2 aromatic rings. The molecular weight excluding hydrogens is 404 g/mol. The van der Waals surface area contributed by atoms with Gasteiger partial charge in [-0.25, -0.2) is 9.59 Å². The van der Waals surface area contributed by atoms with Gasteiger partial charge in [0.25, 0.3) is 0 Å². The fraction of sp³-hybridized carbons (Fsp3) is 0.444. The van der Waals surface area contributed by atoms with Crippen molar-refractivity contribution < 1.29 is 23.9 Å². The van der Waals surface area contributed by atoms with Crippen LogP contribution in [-0.4, -0.2) is 32.4 Å². The number of methoxy groups -OCH3 is 2. The molecule has 3 rings (SSSR count). The first-order valence-electron chi connectivity index (χ1n) is 11.3. The molecule has 0 amide bonds. The van der Waals surface area contributed by atoms with Crippen LogP contribution in [0, 0.1) is 11.3 Å². The smallest absolute Gasteiger partial charge is 0.337 e. The molecule has 0 heterocycles. The molecule has 0 spiro atoms. The average Bonchev–Trinajstić information content (AvgIpc) is 2.84. The highest BCUT2D eigenvalue weighted by Gasteiger charge is 2.39. The zero-order chi connectivity index (χ0) is 23.0. The largest absolute Gasteiger partial charge is 0.465 e. The average molecular weight is 437 g/mol. The van der Waals surface area contributed by atoms with Crippen molar-refractivity contribution in [1.82, 2.24) is 0 Å². The van der Waals surface area contributed by atoms with E-state index in [9.17, 15) is 14.4 Å². The molecule has 32 heavy (non-hydrogen) atoms. The third-order valence-corrected chi connectivity index (χ3v) is 6.82. The van der Waals surface area contributed by atoms with Crippen molar-refractivity contribution in [2.24, 2.45) is 11.3 Å². The number of carbonyl (C=O) groups excluding carboxylic acids is 3. The summed E-state index contributed by atoms with van der Waals surface area (Å²) in [5, 5.41) is 0. The van der Waals surface area contributed by atoms with Gasteiger partial charge >= 0.3 is 11.9 Å². The Labute approximate surface area is 190 Å². The predicted molar refractivity (Wildman–Crippen MR) is 123 cm³/mol. The van der Waals surface area contributed by atoms with Gasteiger partial charge in [0.1, 0.15) is 6.29 Å². The Hall–Kier alpha value is -2.95. The maximum Gasteiger partial charge on any atom is 0.337 e. The first-order valence-corrected chi connectivity index (χ1v) is 11.3. The topological polar surface area (TPSA) is 69.7 Å². The zero-order valence-corrected chi connectivity index (χ0v) is 19.0. The van der Waals surface area contributed by atoms with E-state index >= 15 is 0 Å². The Kier molecular flexibility index (Phi) is 8.20. The minimum atomic E-state index is -0.353. The van der Waals surface area contributed by atoms with Gasteiger partial charge in [0, 0.05) is 6.42 Å². The van der Waals surface area contributed by atoms with Crippen LogP contribution in [0.3, 0.4) is 0 Å². The third kappa shape index (κ3) is 5.64. The Morgan fingerprint density at radius 3 is 1.62 bits per heavy atom. The van der Waals surface area contributed by atoms with Crippen molar-refractivity contribution in [3.8, 4) is 0 Å². The SMILES string of the molecule is COC(=O)c1ccc(CC(CC=O)(Cc2ccc(C(=O)OC)cc2)C2CCCCC2)cc1. The van der Waals surface area contributed by atoms with E-state index in [0.29, 0.717) is 23.5 Å². The molecule has 0 N–H and O–H groups in total. The number of aldehydes is 1. The normalized spacial score (nSPS) is 14.6. The summed E-state index contributed by atoms with van der Waals surface area (Å²) in [6.07, 6.45) is 8.92. The summed E-state index contributed by atoms with van der Waals surface area (Å²) in [5.41, 5.74) is 3.05. The lowest BCUT2D eigenvalue weighted by Gasteiger charge is -2.42. The molecule has 0 bridgehead atoms. The lowest BCUT2D eigenvalue weighted by atomic mass is 9.61. The van der Waals surface area contributed by atoms with E-state index in [1.54, 1.807) is 24.3 Å². The zero-order valence-electron chi connectivity index (χ0n) is 19.0. The number of carbonyl (C=O) groups is 3. The number of benzene rings is 2. The summed E-state index contributed by atoms with van der Waals surface area (Å²) in [6.45, 7) is 0. The Bertz CT molecular complexity index is 847. The summed E-state index contributed by atoms with van der Waals surface area (Å²) >= 11 is 0. The number of ether oxygens (including phenoxy) is 2. The molecule has 1 fully saturated rings. The fourth-order valence-electron chi connectivity index (χ4n) is 5.11. The first-order chi connectivity index (χ1) is 15.5. The highest BCUT2D eigenvalue weighted by Crippen LogP contribution is 2.45. The van der Waals surface area contributed by atoms with Crippen LogP contribution in [0.1, 0.15) is 70.4 Å². The summed E-state index contributed by atoms with van der Waals surface area (Å²) in [5.74, 6) is -0.260. The van der Waals surface area contributed by atoms with Crippen LogP contribution in [0.4, 0.5) is 0 Å². The van der Waals surface area contributed by atoms with Crippen LogP contribution in [0.5, 0.6) is 0 Å². The molecule has 1 aliphatic rings. The quantitative estimate of drug-likeness (QED) is 0.399.